The number of carbonyl (C=O) groups is 1. The molecule has 1 fully saturated rings. The van der Waals surface area contributed by atoms with Crippen molar-refractivity contribution in [3.05, 3.63) is 43.8 Å². The summed E-state index contributed by atoms with van der Waals surface area (Å²) in [7, 11) is 0. The first kappa shape index (κ1) is 11.9. The Hall–Kier alpha value is -1.13. The van der Waals surface area contributed by atoms with Crippen molar-refractivity contribution in [1.82, 2.24) is 0 Å². The Kier molecular flexibility index (Phi) is 2.79. The summed E-state index contributed by atoms with van der Waals surface area (Å²) in [5.74, 6) is -0.0906. The smallest absolute Gasteiger partial charge is 0.307 e. The Balaban J connectivity index is 2.12. The second-order valence-corrected chi connectivity index (χ2v) is 7.20. The fourth-order valence-corrected chi connectivity index (χ4v) is 4.49. The predicted octanol–water partition coefficient (Wildman–Crippen LogP) is 4.01. The third kappa shape index (κ3) is 1.80. The van der Waals surface area contributed by atoms with Crippen LogP contribution in [0.25, 0.3) is 0 Å². The molecule has 0 atom stereocenters. The number of rotatable bonds is 2. The maximum atomic E-state index is 11.6. The van der Waals surface area contributed by atoms with E-state index in [0.29, 0.717) is 6.42 Å². The number of carbonyl (C=O) groups excluding carboxylic acids is 1. The van der Waals surface area contributed by atoms with E-state index in [1.165, 1.54) is 9.75 Å². The maximum absolute atomic E-state index is 11.6. The van der Waals surface area contributed by atoms with Crippen molar-refractivity contribution in [2.24, 2.45) is 0 Å². The van der Waals surface area contributed by atoms with Crippen LogP contribution in [0.15, 0.2) is 24.3 Å². The molecule has 0 radical (unpaired) electrons. The van der Waals surface area contributed by atoms with Crippen LogP contribution in [-0.4, -0.2) is 5.97 Å². The van der Waals surface area contributed by atoms with E-state index in [1.54, 1.807) is 22.7 Å². The van der Waals surface area contributed by atoms with E-state index in [9.17, 15) is 4.79 Å². The number of hydrogen-bond donors (Lipinski definition) is 0. The summed E-state index contributed by atoms with van der Waals surface area (Å²) < 4.78 is 5.73. The average Bonchev–Trinajstić information content (AvgIpc) is 3.00. The average molecular weight is 278 g/mol. The molecule has 3 rings (SSSR count). The monoisotopic (exact) mass is 278 g/mol. The first-order valence-electron chi connectivity index (χ1n) is 5.96. The van der Waals surface area contributed by atoms with Gasteiger partial charge in [-0.05, 0) is 38.1 Å². The standard InChI is InChI=1S/C14H14O2S2/c1-9-3-5-11(17-9)14(8-7-13(15)16-14)12-6-4-10(2)18-12/h3-6H,7-8H2,1-2H3. The minimum absolute atomic E-state index is 0.0906. The molecule has 0 amide bonds. The van der Waals surface area contributed by atoms with E-state index in [-0.39, 0.29) is 5.97 Å². The van der Waals surface area contributed by atoms with E-state index in [4.69, 9.17) is 4.74 Å². The zero-order valence-electron chi connectivity index (χ0n) is 10.4. The molecule has 0 unspecified atom stereocenters. The summed E-state index contributed by atoms with van der Waals surface area (Å²) in [4.78, 5) is 16.4. The van der Waals surface area contributed by atoms with E-state index >= 15 is 0 Å². The van der Waals surface area contributed by atoms with Crippen molar-refractivity contribution in [2.75, 3.05) is 0 Å². The highest BCUT2D eigenvalue weighted by Crippen LogP contribution is 2.47. The molecule has 94 valence electrons. The molecular weight excluding hydrogens is 264 g/mol. The Morgan fingerprint density at radius 1 is 1.06 bits per heavy atom. The Morgan fingerprint density at radius 2 is 1.61 bits per heavy atom. The zero-order chi connectivity index (χ0) is 12.8. The van der Waals surface area contributed by atoms with Crippen LogP contribution in [-0.2, 0) is 15.1 Å². The lowest BCUT2D eigenvalue weighted by molar-refractivity contribution is -0.145. The van der Waals surface area contributed by atoms with Crippen LogP contribution in [0.3, 0.4) is 0 Å². The molecule has 0 bridgehead atoms. The van der Waals surface area contributed by atoms with Crippen LogP contribution >= 0.6 is 22.7 Å². The Bertz CT molecular complexity index is 554. The molecule has 1 saturated heterocycles. The third-order valence-corrected chi connectivity index (χ3v) is 5.53. The molecule has 2 nitrogen and oxygen atoms in total. The molecule has 0 spiro atoms. The molecule has 0 aromatic carbocycles. The molecule has 0 N–H and O–H groups in total. The molecule has 4 heteroatoms. The van der Waals surface area contributed by atoms with Gasteiger partial charge in [-0.1, -0.05) is 0 Å². The lowest BCUT2D eigenvalue weighted by Crippen LogP contribution is -2.24. The number of ether oxygens (including phenoxy) is 1. The van der Waals surface area contributed by atoms with Crippen molar-refractivity contribution >= 4 is 28.6 Å². The third-order valence-electron chi connectivity index (χ3n) is 3.25. The van der Waals surface area contributed by atoms with E-state index < -0.39 is 5.60 Å². The second kappa shape index (κ2) is 4.21. The van der Waals surface area contributed by atoms with Gasteiger partial charge < -0.3 is 4.74 Å². The van der Waals surface area contributed by atoms with E-state index in [1.807, 2.05) is 0 Å². The summed E-state index contributed by atoms with van der Waals surface area (Å²) in [5.41, 5.74) is -0.519. The zero-order valence-corrected chi connectivity index (χ0v) is 12.0. The molecule has 0 aliphatic carbocycles. The van der Waals surface area contributed by atoms with Gasteiger partial charge in [0, 0.05) is 16.2 Å². The molecule has 0 saturated carbocycles. The highest BCUT2D eigenvalue weighted by Gasteiger charge is 2.45. The van der Waals surface area contributed by atoms with Crippen LogP contribution in [0.2, 0.25) is 0 Å². The van der Waals surface area contributed by atoms with Crippen LogP contribution in [0.4, 0.5) is 0 Å². The van der Waals surface area contributed by atoms with Gasteiger partial charge in [0.05, 0.1) is 16.2 Å². The summed E-state index contributed by atoms with van der Waals surface area (Å²) >= 11 is 3.44. The van der Waals surface area contributed by atoms with Crippen molar-refractivity contribution in [2.45, 2.75) is 32.3 Å². The molecule has 3 heterocycles. The largest absolute Gasteiger partial charge is 0.447 e. The molecule has 1 aliphatic heterocycles. The SMILES string of the molecule is Cc1ccc(C2(c3ccc(C)s3)CCC(=O)O2)s1. The van der Waals surface area contributed by atoms with Gasteiger partial charge >= 0.3 is 5.97 Å². The first-order chi connectivity index (χ1) is 8.60. The van der Waals surface area contributed by atoms with Gasteiger partial charge in [0.2, 0.25) is 0 Å². The Morgan fingerprint density at radius 3 is 1.94 bits per heavy atom. The molecule has 2 aromatic rings. The van der Waals surface area contributed by atoms with Crippen LogP contribution in [0.1, 0.15) is 32.4 Å². The summed E-state index contributed by atoms with van der Waals surface area (Å²) in [6.45, 7) is 4.16. The predicted molar refractivity (Wildman–Crippen MR) is 74.2 cm³/mol. The molecule has 2 aromatic heterocycles. The van der Waals surface area contributed by atoms with E-state index in [2.05, 4.69) is 38.1 Å². The summed E-state index contributed by atoms with van der Waals surface area (Å²) in [5, 5.41) is 0. The number of aryl methyl sites for hydroxylation is 2. The van der Waals surface area contributed by atoms with Gasteiger partial charge in [-0.15, -0.1) is 22.7 Å². The van der Waals surface area contributed by atoms with Crippen LogP contribution in [0.5, 0.6) is 0 Å². The minimum Gasteiger partial charge on any atom is -0.447 e. The highest BCUT2D eigenvalue weighted by atomic mass is 32.1. The summed E-state index contributed by atoms with van der Waals surface area (Å²) in [6, 6.07) is 8.37. The van der Waals surface area contributed by atoms with Crippen molar-refractivity contribution in [3.63, 3.8) is 0 Å². The van der Waals surface area contributed by atoms with Crippen LogP contribution < -0.4 is 0 Å². The first-order valence-corrected chi connectivity index (χ1v) is 7.59. The quantitative estimate of drug-likeness (QED) is 0.776. The number of cyclic esters (lactones) is 1. The summed E-state index contributed by atoms with van der Waals surface area (Å²) in [6.07, 6.45) is 1.26. The normalized spacial score (nSPS) is 18.0. The number of esters is 1. The fraction of sp³-hybridized carbons (Fsp3) is 0.357. The lowest BCUT2D eigenvalue weighted by atomic mass is 9.96. The van der Waals surface area contributed by atoms with Gasteiger partial charge in [0.15, 0.2) is 5.60 Å². The number of hydrogen-bond acceptors (Lipinski definition) is 4. The molecule has 18 heavy (non-hydrogen) atoms. The van der Waals surface area contributed by atoms with Gasteiger partial charge in [-0.3, -0.25) is 4.79 Å². The Labute approximate surface area is 114 Å². The van der Waals surface area contributed by atoms with Gasteiger partial charge in [0.25, 0.3) is 0 Å². The molecular formula is C14H14O2S2. The van der Waals surface area contributed by atoms with Crippen molar-refractivity contribution < 1.29 is 9.53 Å². The van der Waals surface area contributed by atoms with Gasteiger partial charge in [-0.25, -0.2) is 0 Å². The van der Waals surface area contributed by atoms with Gasteiger partial charge in [-0.2, -0.15) is 0 Å². The molecule has 1 aliphatic rings. The minimum atomic E-state index is -0.519. The maximum Gasteiger partial charge on any atom is 0.307 e. The fourth-order valence-electron chi connectivity index (χ4n) is 2.35. The topological polar surface area (TPSA) is 26.3 Å². The second-order valence-electron chi connectivity index (χ2n) is 4.62. The van der Waals surface area contributed by atoms with Crippen molar-refractivity contribution in [3.8, 4) is 0 Å². The van der Waals surface area contributed by atoms with Crippen LogP contribution in [0, 0.1) is 13.8 Å². The lowest BCUT2D eigenvalue weighted by Gasteiger charge is -2.25. The van der Waals surface area contributed by atoms with Crippen molar-refractivity contribution in [1.29, 1.82) is 0 Å². The van der Waals surface area contributed by atoms with Gasteiger partial charge in [0.1, 0.15) is 0 Å². The highest BCUT2D eigenvalue weighted by molar-refractivity contribution is 7.13. The van der Waals surface area contributed by atoms with E-state index in [0.717, 1.165) is 16.2 Å². The number of thiophene rings is 2.